The first-order valence-corrected chi connectivity index (χ1v) is 3.79. The molecule has 11 heavy (non-hydrogen) atoms. The fraction of sp³-hybridized carbons (Fsp3) is 0.500. The van der Waals surface area contributed by atoms with Gasteiger partial charge in [-0.1, -0.05) is 19.9 Å². The van der Waals surface area contributed by atoms with Crippen LogP contribution < -0.4 is 0 Å². The molecule has 64 valence electrons. The van der Waals surface area contributed by atoms with Crippen molar-refractivity contribution in [2.24, 2.45) is 4.99 Å². The topological polar surface area (TPSA) is 12.4 Å². The van der Waals surface area contributed by atoms with E-state index in [1.807, 2.05) is 33.8 Å². The van der Waals surface area contributed by atoms with Crippen molar-refractivity contribution in [2.45, 2.75) is 34.6 Å². The van der Waals surface area contributed by atoms with Crippen molar-refractivity contribution in [1.82, 2.24) is 0 Å². The van der Waals surface area contributed by atoms with E-state index < -0.39 is 0 Å². The van der Waals surface area contributed by atoms with Crippen LogP contribution in [-0.2, 0) is 0 Å². The van der Waals surface area contributed by atoms with Crippen LogP contribution in [0.15, 0.2) is 17.3 Å². The summed E-state index contributed by atoms with van der Waals surface area (Å²) in [7, 11) is 0. The predicted molar refractivity (Wildman–Crippen MR) is 54.8 cm³/mol. The van der Waals surface area contributed by atoms with E-state index in [-0.39, 0.29) is 0 Å². The Morgan fingerprint density at radius 2 is 1.64 bits per heavy atom. The molecule has 0 aliphatic heterocycles. The van der Waals surface area contributed by atoms with Gasteiger partial charge in [-0.2, -0.15) is 0 Å². The number of allylic oxidation sites excluding steroid dienone is 1. The molecular weight excluding hydrogens is 134 g/mol. The molecule has 0 bridgehead atoms. The van der Waals surface area contributed by atoms with E-state index in [9.17, 15) is 0 Å². The molecule has 0 aromatic heterocycles. The Morgan fingerprint density at radius 1 is 1.27 bits per heavy atom. The molecule has 0 heterocycles. The van der Waals surface area contributed by atoms with Gasteiger partial charge in [-0.3, -0.25) is 4.99 Å². The maximum absolute atomic E-state index is 4.60. The summed E-state index contributed by atoms with van der Waals surface area (Å²) in [5.74, 6) is 2.25. The van der Waals surface area contributed by atoms with Crippen molar-refractivity contribution in [3.8, 4) is 12.3 Å². The largest absolute Gasteiger partial charge is 0.270 e. The highest BCUT2D eigenvalue weighted by Gasteiger charge is 1.48. The lowest BCUT2D eigenvalue weighted by atomic mass is 10.7. The summed E-state index contributed by atoms with van der Waals surface area (Å²) in [5.41, 5.74) is 0. The van der Waals surface area contributed by atoms with Crippen LogP contribution in [0, 0.1) is 12.3 Å². The molecule has 0 atom stereocenters. The van der Waals surface area contributed by atoms with Crippen LogP contribution >= 0.6 is 0 Å². The number of aliphatic imine (C=N–C) groups is 1. The number of rotatable bonds is 1. The van der Waals surface area contributed by atoms with E-state index in [1.54, 1.807) is 19.3 Å². The van der Waals surface area contributed by atoms with Crippen molar-refractivity contribution in [3.05, 3.63) is 12.3 Å². The standard InChI is InChI=1S/C5H9N.C3H4.C2H6/c1-3-5-6-4-2;1-3-2;1-2/h3-5H,1-2H3;1H,2H3;1-2H3/b5-3-,6-4?;;. The molecule has 0 spiro atoms. The fourth-order valence-electron chi connectivity index (χ4n) is 0.172. The van der Waals surface area contributed by atoms with Crippen LogP contribution in [0.2, 0.25) is 0 Å². The van der Waals surface area contributed by atoms with Crippen LogP contribution in [0.3, 0.4) is 0 Å². The molecule has 0 saturated carbocycles. The van der Waals surface area contributed by atoms with Gasteiger partial charge in [-0.25, -0.2) is 0 Å². The van der Waals surface area contributed by atoms with Crippen molar-refractivity contribution in [2.75, 3.05) is 0 Å². The predicted octanol–water partition coefficient (Wildman–Crippen LogP) is 3.28. The minimum Gasteiger partial charge on any atom is -0.270 e. The maximum Gasteiger partial charge on any atom is 0.0221 e. The lowest BCUT2D eigenvalue weighted by molar-refractivity contribution is 1.50. The van der Waals surface area contributed by atoms with Crippen molar-refractivity contribution in [3.63, 3.8) is 0 Å². The van der Waals surface area contributed by atoms with Crippen LogP contribution in [0.4, 0.5) is 0 Å². The zero-order valence-corrected chi connectivity index (χ0v) is 8.26. The molecule has 0 saturated heterocycles. The summed E-state index contributed by atoms with van der Waals surface area (Å²) in [6.07, 6.45) is 9.99. The Morgan fingerprint density at radius 3 is 1.73 bits per heavy atom. The van der Waals surface area contributed by atoms with E-state index in [1.165, 1.54) is 0 Å². The van der Waals surface area contributed by atoms with Gasteiger partial charge in [0, 0.05) is 12.4 Å². The third-order valence-electron chi connectivity index (χ3n) is 0.384. The van der Waals surface area contributed by atoms with Crippen LogP contribution in [0.5, 0.6) is 0 Å². The summed E-state index contributed by atoms with van der Waals surface area (Å²) in [5, 5.41) is 0. The first-order chi connectivity index (χ1) is 5.33. The summed E-state index contributed by atoms with van der Waals surface area (Å²) >= 11 is 0. The van der Waals surface area contributed by atoms with Crippen LogP contribution in [-0.4, -0.2) is 6.21 Å². The lowest BCUT2D eigenvalue weighted by Gasteiger charge is -1.64. The van der Waals surface area contributed by atoms with Gasteiger partial charge in [0.2, 0.25) is 0 Å². The van der Waals surface area contributed by atoms with Gasteiger partial charge < -0.3 is 0 Å². The molecule has 0 N–H and O–H groups in total. The first kappa shape index (κ1) is 16.5. The van der Waals surface area contributed by atoms with E-state index in [0.29, 0.717) is 0 Å². The highest BCUT2D eigenvalue weighted by atomic mass is 14.6. The quantitative estimate of drug-likeness (QED) is 0.405. The molecular formula is C10H19N. The highest BCUT2D eigenvalue weighted by Crippen LogP contribution is 1.67. The summed E-state index contributed by atoms with van der Waals surface area (Å²) in [6, 6.07) is 0. The van der Waals surface area contributed by atoms with Crippen molar-refractivity contribution in [1.29, 1.82) is 0 Å². The van der Waals surface area contributed by atoms with E-state index in [4.69, 9.17) is 0 Å². The summed E-state index contributed by atoms with van der Waals surface area (Å²) in [6.45, 7) is 9.48. The summed E-state index contributed by atoms with van der Waals surface area (Å²) < 4.78 is 0. The third-order valence-corrected chi connectivity index (χ3v) is 0.384. The Balaban J connectivity index is -0.000000109. The average Bonchev–Trinajstić information content (AvgIpc) is 2.06. The molecule has 0 radical (unpaired) electrons. The Bertz CT molecular complexity index is 105. The molecule has 0 rings (SSSR count). The second-order valence-corrected chi connectivity index (χ2v) is 1.18. The minimum atomic E-state index is 1.65. The Hall–Kier alpha value is -1.03. The van der Waals surface area contributed by atoms with Crippen LogP contribution in [0.1, 0.15) is 34.6 Å². The van der Waals surface area contributed by atoms with Gasteiger partial charge >= 0.3 is 0 Å². The van der Waals surface area contributed by atoms with Crippen molar-refractivity contribution >= 4 is 6.21 Å². The third kappa shape index (κ3) is 112. The van der Waals surface area contributed by atoms with Gasteiger partial charge in [0.25, 0.3) is 0 Å². The van der Waals surface area contributed by atoms with Gasteiger partial charge in [-0.15, -0.1) is 12.3 Å². The minimum absolute atomic E-state index is 1.65. The highest BCUT2D eigenvalue weighted by molar-refractivity contribution is 5.54. The van der Waals surface area contributed by atoms with Gasteiger partial charge in [0.15, 0.2) is 0 Å². The SMILES string of the molecule is C#CC.CC.CC=N/C=C\C. The van der Waals surface area contributed by atoms with E-state index >= 15 is 0 Å². The smallest absolute Gasteiger partial charge is 0.0221 e. The molecule has 0 aliphatic rings. The van der Waals surface area contributed by atoms with Crippen LogP contribution in [0.25, 0.3) is 0 Å². The zero-order valence-electron chi connectivity index (χ0n) is 8.26. The average molecular weight is 153 g/mol. The Kier molecular flexibility index (Phi) is 54.3. The van der Waals surface area contributed by atoms with Crippen molar-refractivity contribution < 1.29 is 0 Å². The van der Waals surface area contributed by atoms with Gasteiger partial charge in [0.05, 0.1) is 0 Å². The molecule has 0 amide bonds. The second-order valence-electron chi connectivity index (χ2n) is 1.18. The molecule has 0 fully saturated rings. The van der Waals surface area contributed by atoms with Gasteiger partial charge in [0.1, 0.15) is 0 Å². The molecule has 0 unspecified atom stereocenters. The fourth-order valence-corrected chi connectivity index (χ4v) is 0.172. The van der Waals surface area contributed by atoms with E-state index in [2.05, 4.69) is 17.3 Å². The monoisotopic (exact) mass is 153 g/mol. The number of nitrogens with zero attached hydrogens (tertiary/aromatic N) is 1. The van der Waals surface area contributed by atoms with E-state index in [0.717, 1.165) is 0 Å². The number of hydrogen-bond acceptors (Lipinski definition) is 1. The number of terminal acetylenes is 1. The lowest BCUT2D eigenvalue weighted by Crippen LogP contribution is -1.49. The molecule has 1 heteroatoms. The second kappa shape index (κ2) is 36.2. The Labute approximate surface area is 71.2 Å². The summed E-state index contributed by atoms with van der Waals surface area (Å²) in [4.78, 5) is 3.78. The normalized spacial score (nSPS) is 7.64. The number of hydrogen-bond donors (Lipinski definition) is 0. The molecule has 0 aliphatic carbocycles. The molecule has 0 aromatic carbocycles. The first-order valence-electron chi connectivity index (χ1n) is 3.79. The maximum atomic E-state index is 4.60. The van der Waals surface area contributed by atoms with Gasteiger partial charge in [-0.05, 0) is 20.8 Å². The zero-order chi connectivity index (χ0) is 9.54. The molecule has 0 aromatic rings. The molecule has 1 nitrogen and oxygen atoms in total.